The molecule has 0 spiro atoms. The summed E-state index contributed by atoms with van der Waals surface area (Å²) in [5, 5.41) is 11.7. The molecule has 4 heterocycles. The molecular formula is C20H17ClN6O. The van der Waals surface area contributed by atoms with Gasteiger partial charge in [0.1, 0.15) is 0 Å². The molecule has 7 nitrogen and oxygen atoms in total. The number of amides is 1. The largest absolute Gasteiger partial charge is 0.330 e. The number of rotatable bonds is 2. The number of hydrogen-bond donors (Lipinski definition) is 1. The highest BCUT2D eigenvalue weighted by atomic mass is 35.5. The van der Waals surface area contributed by atoms with Crippen molar-refractivity contribution in [1.29, 1.82) is 0 Å². The van der Waals surface area contributed by atoms with Crippen LogP contribution >= 0.6 is 11.6 Å². The van der Waals surface area contributed by atoms with E-state index in [1.54, 1.807) is 18.5 Å². The van der Waals surface area contributed by atoms with Crippen LogP contribution in [0.4, 0.5) is 0 Å². The SMILES string of the molecule is CC1c2ccc(-c3cn[nH]c3)cc2CCN1C(=O)c1cc2ncc(Cl)cn2n1. The van der Waals surface area contributed by atoms with Gasteiger partial charge in [-0.05, 0) is 30.0 Å². The zero-order chi connectivity index (χ0) is 19.3. The molecule has 5 rings (SSSR count). The maximum atomic E-state index is 13.1. The molecule has 1 N–H and O–H groups in total. The van der Waals surface area contributed by atoms with Gasteiger partial charge in [-0.1, -0.05) is 29.8 Å². The molecule has 0 saturated carbocycles. The van der Waals surface area contributed by atoms with Gasteiger partial charge in [0.15, 0.2) is 11.3 Å². The lowest BCUT2D eigenvalue weighted by molar-refractivity contribution is 0.0671. The zero-order valence-electron chi connectivity index (χ0n) is 15.1. The smallest absolute Gasteiger partial charge is 0.274 e. The fourth-order valence-electron chi connectivity index (χ4n) is 3.80. The normalized spacial score (nSPS) is 16.4. The van der Waals surface area contributed by atoms with Crippen LogP contribution < -0.4 is 0 Å². The number of carbonyl (C=O) groups excluding carboxylic acids is 1. The van der Waals surface area contributed by atoms with Crippen molar-refractivity contribution in [3.8, 4) is 11.1 Å². The number of nitrogens with one attached hydrogen (secondary N) is 1. The van der Waals surface area contributed by atoms with Crippen molar-refractivity contribution in [2.45, 2.75) is 19.4 Å². The molecule has 0 saturated heterocycles. The summed E-state index contributed by atoms with van der Waals surface area (Å²) < 4.78 is 1.54. The summed E-state index contributed by atoms with van der Waals surface area (Å²) in [5.41, 5.74) is 5.59. The van der Waals surface area contributed by atoms with Crippen LogP contribution in [0.2, 0.25) is 5.02 Å². The second kappa shape index (κ2) is 6.45. The molecule has 0 fully saturated rings. The monoisotopic (exact) mass is 392 g/mol. The Balaban J connectivity index is 1.45. The van der Waals surface area contributed by atoms with E-state index in [1.807, 2.05) is 17.3 Å². The van der Waals surface area contributed by atoms with Crippen LogP contribution in [0, 0.1) is 0 Å². The summed E-state index contributed by atoms with van der Waals surface area (Å²) in [7, 11) is 0. The quantitative estimate of drug-likeness (QED) is 0.566. The molecule has 1 aliphatic rings. The van der Waals surface area contributed by atoms with Gasteiger partial charge in [0, 0.05) is 30.6 Å². The van der Waals surface area contributed by atoms with Crippen LogP contribution in [0.15, 0.2) is 49.1 Å². The molecule has 140 valence electrons. The van der Waals surface area contributed by atoms with Gasteiger partial charge >= 0.3 is 0 Å². The molecule has 1 amide bonds. The van der Waals surface area contributed by atoms with Crippen molar-refractivity contribution in [1.82, 2.24) is 29.7 Å². The molecule has 8 heteroatoms. The average Bonchev–Trinajstić information content (AvgIpc) is 3.37. The number of benzene rings is 1. The lowest BCUT2D eigenvalue weighted by Gasteiger charge is -2.35. The Hall–Kier alpha value is -3.19. The number of hydrogen-bond acceptors (Lipinski definition) is 4. The standard InChI is InChI=1S/C20H17ClN6O/c1-12-17-3-2-13(15-8-23-24-9-15)6-14(17)4-5-26(12)20(28)18-7-19-22-10-16(21)11-27(19)25-18/h2-3,6-12H,4-5H2,1H3,(H,23,24). The summed E-state index contributed by atoms with van der Waals surface area (Å²) in [5.74, 6) is -0.0984. The number of halogens is 1. The van der Waals surface area contributed by atoms with Crippen LogP contribution in [-0.2, 0) is 6.42 Å². The predicted molar refractivity (Wildman–Crippen MR) is 105 cm³/mol. The summed E-state index contributed by atoms with van der Waals surface area (Å²) in [6, 6.07) is 8.03. The number of aromatic nitrogens is 5. The molecule has 1 aliphatic heterocycles. The Bertz CT molecular complexity index is 1180. The van der Waals surface area contributed by atoms with Gasteiger partial charge in [0.2, 0.25) is 0 Å². The van der Waals surface area contributed by atoms with Crippen LogP contribution in [-0.4, -0.2) is 42.1 Å². The van der Waals surface area contributed by atoms with Gasteiger partial charge in [0.05, 0.1) is 23.5 Å². The van der Waals surface area contributed by atoms with E-state index in [4.69, 9.17) is 11.6 Å². The number of H-pyrrole nitrogens is 1. The average molecular weight is 393 g/mol. The van der Waals surface area contributed by atoms with Crippen molar-refractivity contribution < 1.29 is 4.79 Å². The number of carbonyl (C=O) groups is 1. The maximum absolute atomic E-state index is 13.1. The Morgan fingerprint density at radius 2 is 2.14 bits per heavy atom. The van der Waals surface area contributed by atoms with E-state index in [2.05, 4.69) is 45.4 Å². The highest BCUT2D eigenvalue weighted by Crippen LogP contribution is 2.33. The van der Waals surface area contributed by atoms with Crippen molar-refractivity contribution in [2.75, 3.05) is 6.54 Å². The highest BCUT2D eigenvalue weighted by molar-refractivity contribution is 6.30. The summed E-state index contributed by atoms with van der Waals surface area (Å²) in [6.45, 7) is 2.70. The maximum Gasteiger partial charge on any atom is 0.274 e. The van der Waals surface area contributed by atoms with Crippen LogP contribution in [0.3, 0.4) is 0 Å². The van der Waals surface area contributed by atoms with E-state index < -0.39 is 0 Å². The molecule has 1 aromatic carbocycles. The molecule has 0 aliphatic carbocycles. The Morgan fingerprint density at radius 1 is 1.25 bits per heavy atom. The lowest BCUT2D eigenvalue weighted by atomic mass is 9.90. The first kappa shape index (κ1) is 16.9. The predicted octanol–water partition coefficient (Wildman–Crippen LogP) is 3.53. The second-order valence-corrected chi connectivity index (χ2v) is 7.37. The summed E-state index contributed by atoms with van der Waals surface area (Å²) in [6.07, 6.45) is 7.69. The van der Waals surface area contributed by atoms with Crippen molar-refractivity contribution >= 4 is 23.2 Å². The summed E-state index contributed by atoms with van der Waals surface area (Å²) >= 11 is 5.96. The fraction of sp³-hybridized carbons (Fsp3) is 0.200. The van der Waals surface area contributed by atoms with Crippen LogP contribution in [0.5, 0.6) is 0 Å². The van der Waals surface area contributed by atoms with E-state index in [-0.39, 0.29) is 11.9 Å². The first-order valence-electron chi connectivity index (χ1n) is 9.04. The van der Waals surface area contributed by atoms with E-state index in [0.29, 0.717) is 22.9 Å². The number of nitrogens with zero attached hydrogens (tertiary/aromatic N) is 5. The first-order chi connectivity index (χ1) is 13.6. The molecule has 1 atom stereocenters. The zero-order valence-corrected chi connectivity index (χ0v) is 15.9. The fourth-order valence-corrected chi connectivity index (χ4v) is 3.94. The van der Waals surface area contributed by atoms with Gasteiger partial charge in [-0.2, -0.15) is 10.2 Å². The van der Waals surface area contributed by atoms with Crippen LogP contribution in [0.25, 0.3) is 16.8 Å². The number of aromatic amines is 1. The second-order valence-electron chi connectivity index (χ2n) is 6.93. The minimum Gasteiger partial charge on any atom is -0.330 e. The molecule has 3 aromatic heterocycles. The minimum atomic E-state index is -0.0984. The molecule has 4 aromatic rings. The third kappa shape index (κ3) is 2.75. The molecular weight excluding hydrogens is 376 g/mol. The van der Waals surface area contributed by atoms with E-state index in [9.17, 15) is 4.79 Å². The molecule has 1 unspecified atom stereocenters. The number of fused-ring (bicyclic) bond motifs is 2. The van der Waals surface area contributed by atoms with Gasteiger partial charge in [-0.3, -0.25) is 9.89 Å². The van der Waals surface area contributed by atoms with Gasteiger partial charge in [-0.15, -0.1) is 0 Å². The Kier molecular flexibility index (Phi) is 3.91. The molecule has 0 bridgehead atoms. The van der Waals surface area contributed by atoms with E-state index >= 15 is 0 Å². The van der Waals surface area contributed by atoms with Gasteiger partial charge in [0.25, 0.3) is 5.91 Å². The molecule has 0 radical (unpaired) electrons. The van der Waals surface area contributed by atoms with E-state index in [0.717, 1.165) is 23.1 Å². The van der Waals surface area contributed by atoms with Gasteiger partial charge < -0.3 is 4.90 Å². The third-order valence-electron chi connectivity index (χ3n) is 5.28. The van der Waals surface area contributed by atoms with E-state index in [1.165, 1.54) is 10.1 Å². The van der Waals surface area contributed by atoms with Crippen molar-refractivity contribution in [3.63, 3.8) is 0 Å². The lowest BCUT2D eigenvalue weighted by Crippen LogP contribution is -2.39. The van der Waals surface area contributed by atoms with Crippen molar-refractivity contribution in [3.05, 3.63) is 70.9 Å². The first-order valence-corrected chi connectivity index (χ1v) is 9.42. The Labute approximate surface area is 166 Å². The summed E-state index contributed by atoms with van der Waals surface area (Å²) in [4.78, 5) is 19.2. The topological polar surface area (TPSA) is 79.2 Å². The third-order valence-corrected chi connectivity index (χ3v) is 5.47. The van der Waals surface area contributed by atoms with Crippen LogP contribution in [0.1, 0.15) is 34.6 Å². The minimum absolute atomic E-state index is 0.0315. The Morgan fingerprint density at radius 3 is 2.96 bits per heavy atom. The highest BCUT2D eigenvalue weighted by Gasteiger charge is 2.30. The van der Waals surface area contributed by atoms with Gasteiger partial charge in [-0.25, -0.2) is 9.50 Å². The molecule has 28 heavy (non-hydrogen) atoms. The van der Waals surface area contributed by atoms with Crippen molar-refractivity contribution in [2.24, 2.45) is 0 Å².